The van der Waals surface area contributed by atoms with Crippen LogP contribution in [-0.4, -0.2) is 66.1 Å². The summed E-state index contributed by atoms with van der Waals surface area (Å²) in [5, 5.41) is 1.13. The summed E-state index contributed by atoms with van der Waals surface area (Å²) in [6, 6.07) is 5.92. The molecule has 1 aromatic heterocycles. The molecule has 2 aromatic rings. The molecule has 136 valence electrons. The highest BCUT2D eigenvalue weighted by molar-refractivity contribution is 5.98. The third kappa shape index (κ3) is 3.88. The Morgan fingerprint density at radius 3 is 2.64 bits per heavy atom. The Kier molecular flexibility index (Phi) is 5.16. The van der Waals surface area contributed by atoms with Gasteiger partial charge in [-0.3, -0.25) is 9.69 Å². The number of aromatic amines is 1. The molecule has 2 heterocycles. The molecule has 5 nitrogen and oxygen atoms in total. The van der Waals surface area contributed by atoms with Gasteiger partial charge in [-0.2, -0.15) is 0 Å². The van der Waals surface area contributed by atoms with Crippen LogP contribution in [0.2, 0.25) is 0 Å². The van der Waals surface area contributed by atoms with Gasteiger partial charge in [0.05, 0.1) is 12.2 Å². The summed E-state index contributed by atoms with van der Waals surface area (Å²) in [5.74, 6) is 0.0782. The summed E-state index contributed by atoms with van der Waals surface area (Å²) < 4.78 is 5.77. The van der Waals surface area contributed by atoms with E-state index in [-0.39, 0.29) is 18.1 Å². The highest BCUT2D eigenvalue weighted by Crippen LogP contribution is 2.23. The second kappa shape index (κ2) is 7.18. The molecule has 1 aliphatic heterocycles. The Labute approximate surface area is 149 Å². The van der Waals surface area contributed by atoms with Crippen LogP contribution in [-0.2, 0) is 4.74 Å². The molecule has 1 aliphatic rings. The van der Waals surface area contributed by atoms with Crippen LogP contribution in [0, 0.1) is 13.8 Å². The van der Waals surface area contributed by atoms with Crippen molar-refractivity contribution in [3.05, 3.63) is 35.0 Å². The van der Waals surface area contributed by atoms with Crippen molar-refractivity contribution in [1.82, 2.24) is 14.8 Å². The number of benzene rings is 1. The van der Waals surface area contributed by atoms with Gasteiger partial charge >= 0.3 is 0 Å². The predicted octanol–water partition coefficient (Wildman–Crippen LogP) is 2.97. The zero-order chi connectivity index (χ0) is 18.1. The van der Waals surface area contributed by atoms with Gasteiger partial charge in [-0.15, -0.1) is 0 Å². The van der Waals surface area contributed by atoms with Gasteiger partial charge in [0.2, 0.25) is 0 Å². The number of aryl methyl sites for hydroxylation is 2. The molecule has 1 aromatic carbocycles. The van der Waals surface area contributed by atoms with E-state index in [1.165, 1.54) is 5.56 Å². The van der Waals surface area contributed by atoms with Gasteiger partial charge in [-0.1, -0.05) is 0 Å². The maximum absolute atomic E-state index is 12.8. The summed E-state index contributed by atoms with van der Waals surface area (Å²) in [5.41, 5.74) is 4.21. The first-order chi connectivity index (χ1) is 11.8. The number of likely N-dealkylation sites (N-methyl/N-ethyl adjacent to an activating group) is 1. The van der Waals surface area contributed by atoms with Gasteiger partial charge in [-0.25, -0.2) is 0 Å². The van der Waals surface area contributed by atoms with Gasteiger partial charge in [-0.05, 0) is 51.5 Å². The molecule has 0 spiro atoms. The molecule has 0 unspecified atom stereocenters. The maximum atomic E-state index is 12.8. The van der Waals surface area contributed by atoms with Gasteiger partial charge in [0, 0.05) is 55.4 Å². The van der Waals surface area contributed by atoms with E-state index in [1.807, 2.05) is 30.1 Å². The first-order valence-corrected chi connectivity index (χ1v) is 9.07. The van der Waals surface area contributed by atoms with E-state index < -0.39 is 0 Å². The lowest BCUT2D eigenvalue weighted by molar-refractivity contribution is -0.0685. The van der Waals surface area contributed by atoms with Crippen LogP contribution >= 0.6 is 0 Å². The monoisotopic (exact) mass is 343 g/mol. The summed E-state index contributed by atoms with van der Waals surface area (Å²) in [7, 11) is 1.88. The molecule has 3 rings (SSSR count). The van der Waals surface area contributed by atoms with Crippen molar-refractivity contribution in [2.45, 2.75) is 39.9 Å². The summed E-state index contributed by atoms with van der Waals surface area (Å²) in [6.45, 7) is 11.8. The number of ether oxygens (including phenoxy) is 1. The number of H-pyrrole nitrogens is 1. The van der Waals surface area contributed by atoms with E-state index in [2.05, 4.69) is 37.6 Å². The lowest BCUT2D eigenvalue weighted by Crippen LogP contribution is -2.48. The Morgan fingerprint density at radius 1 is 1.28 bits per heavy atom. The number of aromatic nitrogens is 1. The summed E-state index contributed by atoms with van der Waals surface area (Å²) >= 11 is 0. The first-order valence-electron chi connectivity index (χ1n) is 9.07. The molecule has 0 bridgehead atoms. The van der Waals surface area contributed by atoms with Crippen LogP contribution in [0.1, 0.15) is 35.5 Å². The number of carbonyl (C=O) groups is 1. The number of morpholine rings is 1. The van der Waals surface area contributed by atoms with Crippen LogP contribution < -0.4 is 0 Å². The predicted molar refractivity (Wildman–Crippen MR) is 101 cm³/mol. The van der Waals surface area contributed by atoms with Crippen LogP contribution in [0.25, 0.3) is 10.9 Å². The number of carbonyl (C=O) groups excluding carboxylic acids is 1. The van der Waals surface area contributed by atoms with Crippen molar-refractivity contribution in [3.8, 4) is 0 Å². The molecule has 2 atom stereocenters. The highest BCUT2D eigenvalue weighted by Gasteiger charge is 2.22. The largest absolute Gasteiger partial charge is 0.373 e. The van der Waals surface area contributed by atoms with Crippen LogP contribution in [0.4, 0.5) is 0 Å². The number of rotatable bonds is 4. The van der Waals surface area contributed by atoms with Gasteiger partial charge < -0.3 is 14.6 Å². The lowest BCUT2D eigenvalue weighted by Gasteiger charge is -2.36. The average molecular weight is 343 g/mol. The van der Waals surface area contributed by atoms with Crippen LogP contribution in [0.15, 0.2) is 18.2 Å². The molecule has 0 aliphatic carbocycles. The van der Waals surface area contributed by atoms with Gasteiger partial charge in [0.15, 0.2) is 0 Å². The van der Waals surface area contributed by atoms with E-state index >= 15 is 0 Å². The normalized spacial score (nSPS) is 21.6. The van der Waals surface area contributed by atoms with Crippen molar-refractivity contribution < 1.29 is 9.53 Å². The van der Waals surface area contributed by atoms with E-state index in [4.69, 9.17) is 4.74 Å². The third-order valence-corrected chi connectivity index (χ3v) is 5.15. The lowest BCUT2D eigenvalue weighted by atomic mass is 10.1. The van der Waals surface area contributed by atoms with E-state index in [9.17, 15) is 4.79 Å². The fourth-order valence-corrected chi connectivity index (χ4v) is 3.67. The second-order valence-electron chi connectivity index (χ2n) is 7.38. The van der Waals surface area contributed by atoms with Crippen LogP contribution in [0.5, 0.6) is 0 Å². The van der Waals surface area contributed by atoms with Crippen molar-refractivity contribution in [2.75, 3.05) is 33.2 Å². The van der Waals surface area contributed by atoms with E-state index in [0.29, 0.717) is 0 Å². The standard InChI is InChI=1S/C20H29N3O2/c1-13-11-23(12-14(2)25-13)9-8-22(5)20(24)17-6-7-19-18(10-17)15(3)16(4)21-19/h6-7,10,13-14,21H,8-9,11-12H2,1-5H3/t13-,14+. The molecule has 0 saturated carbocycles. The fourth-order valence-electron chi connectivity index (χ4n) is 3.67. The zero-order valence-electron chi connectivity index (χ0n) is 15.9. The molecule has 5 heteroatoms. The van der Waals surface area contributed by atoms with E-state index in [1.54, 1.807) is 0 Å². The Balaban J connectivity index is 1.65. The number of nitrogens with zero attached hydrogens (tertiary/aromatic N) is 2. The molecule has 1 fully saturated rings. The first kappa shape index (κ1) is 18.0. The number of hydrogen-bond donors (Lipinski definition) is 1. The third-order valence-electron chi connectivity index (χ3n) is 5.15. The number of fused-ring (bicyclic) bond motifs is 1. The minimum atomic E-state index is 0.0782. The molecule has 1 saturated heterocycles. The topological polar surface area (TPSA) is 48.6 Å². The van der Waals surface area contributed by atoms with Crippen molar-refractivity contribution in [1.29, 1.82) is 0 Å². The minimum absolute atomic E-state index is 0.0782. The molecule has 0 radical (unpaired) electrons. The molecular weight excluding hydrogens is 314 g/mol. The van der Waals surface area contributed by atoms with E-state index in [0.717, 1.165) is 48.3 Å². The number of hydrogen-bond acceptors (Lipinski definition) is 3. The maximum Gasteiger partial charge on any atom is 0.253 e. The Morgan fingerprint density at radius 2 is 1.96 bits per heavy atom. The second-order valence-corrected chi connectivity index (χ2v) is 7.38. The molecular formula is C20H29N3O2. The highest BCUT2D eigenvalue weighted by atomic mass is 16.5. The summed E-state index contributed by atoms with van der Waals surface area (Å²) in [6.07, 6.45) is 0.513. The minimum Gasteiger partial charge on any atom is -0.373 e. The fraction of sp³-hybridized carbons (Fsp3) is 0.550. The Hall–Kier alpha value is -1.85. The van der Waals surface area contributed by atoms with Crippen molar-refractivity contribution in [3.63, 3.8) is 0 Å². The summed E-state index contributed by atoms with van der Waals surface area (Å²) in [4.78, 5) is 20.3. The molecule has 1 N–H and O–H groups in total. The quantitative estimate of drug-likeness (QED) is 0.928. The molecule has 25 heavy (non-hydrogen) atoms. The van der Waals surface area contributed by atoms with Crippen molar-refractivity contribution >= 4 is 16.8 Å². The van der Waals surface area contributed by atoms with Crippen LogP contribution in [0.3, 0.4) is 0 Å². The van der Waals surface area contributed by atoms with Gasteiger partial charge in [0.1, 0.15) is 0 Å². The molecule has 1 amide bonds. The smallest absolute Gasteiger partial charge is 0.253 e. The number of amides is 1. The SMILES string of the molecule is Cc1[nH]c2ccc(C(=O)N(C)CCN3C[C@@H](C)O[C@@H](C)C3)cc2c1C. The van der Waals surface area contributed by atoms with Gasteiger partial charge in [0.25, 0.3) is 5.91 Å². The Bertz CT molecular complexity index is 758. The average Bonchev–Trinajstić information content (AvgIpc) is 2.85. The van der Waals surface area contributed by atoms with Crippen molar-refractivity contribution in [2.24, 2.45) is 0 Å². The number of nitrogens with one attached hydrogen (secondary N) is 1. The zero-order valence-corrected chi connectivity index (χ0v) is 15.9.